The number of hydrogen-bond acceptors (Lipinski definition) is 7. The highest BCUT2D eigenvalue weighted by Gasteiger charge is 2.26. The molecule has 196 valence electrons. The van der Waals surface area contributed by atoms with Gasteiger partial charge in [0, 0.05) is 49.0 Å². The number of aromatic hydroxyl groups is 1. The first-order valence-corrected chi connectivity index (χ1v) is 13.4. The van der Waals surface area contributed by atoms with E-state index in [9.17, 15) is 15.2 Å². The summed E-state index contributed by atoms with van der Waals surface area (Å²) in [5, 5.41) is 23.1. The van der Waals surface area contributed by atoms with Crippen LogP contribution in [0.5, 0.6) is 5.75 Å². The van der Waals surface area contributed by atoms with Gasteiger partial charge in [0.1, 0.15) is 23.2 Å². The Morgan fingerprint density at radius 3 is 2.53 bits per heavy atom. The van der Waals surface area contributed by atoms with Crippen LogP contribution in [0.3, 0.4) is 0 Å². The molecule has 1 aromatic heterocycles. The smallest absolute Gasteiger partial charge is 0.238 e. The van der Waals surface area contributed by atoms with E-state index in [-0.39, 0.29) is 23.0 Å². The molecule has 4 N–H and O–H groups in total. The van der Waals surface area contributed by atoms with Crippen LogP contribution in [-0.2, 0) is 4.79 Å². The summed E-state index contributed by atoms with van der Waals surface area (Å²) in [7, 11) is 0. The summed E-state index contributed by atoms with van der Waals surface area (Å²) in [6, 6.07) is 18.9. The highest BCUT2D eigenvalue weighted by molar-refractivity contribution is 5.93. The van der Waals surface area contributed by atoms with Crippen LogP contribution in [0.1, 0.15) is 37.7 Å². The molecule has 2 aromatic carbocycles. The monoisotopic (exact) mass is 510 g/mol. The second kappa shape index (κ2) is 11.6. The summed E-state index contributed by atoms with van der Waals surface area (Å²) < 4.78 is 0. The summed E-state index contributed by atoms with van der Waals surface area (Å²) in [6.07, 6.45) is 6.65. The van der Waals surface area contributed by atoms with Crippen LogP contribution in [0.25, 0.3) is 22.4 Å². The fourth-order valence-electron chi connectivity index (χ4n) is 5.64. The van der Waals surface area contributed by atoms with Gasteiger partial charge in [-0.25, -0.2) is 4.98 Å². The van der Waals surface area contributed by atoms with Gasteiger partial charge in [-0.05, 0) is 48.7 Å². The number of benzene rings is 2. The number of nitriles is 1. The van der Waals surface area contributed by atoms with E-state index in [1.165, 1.54) is 32.1 Å². The van der Waals surface area contributed by atoms with Crippen LogP contribution in [0.2, 0.25) is 0 Å². The third-order valence-electron chi connectivity index (χ3n) is 7.66. The summed E-state index contributed by atoms with van der Waals surface area (Å²) >= 11 is 0. The van der Waals surface area contributed by atoms with Crippen LogP contribution in [0.15, 0.2) is 54.6 Å². The van der Waals surface area contributed by atoms with Crippen molar-refractivity contribution in [2.24, 2.45) is 0 Å². The predicted octanol–water partition coefficient (Wildman–Crippen LogP) is 4.46. The fourth-order valence-corrected chi connectivity index (χ4v) is 5.64. The lowest BCUT2D eigenvalue weighted by atomic mass is 9.94. The van der Waals surface area contributed by atoms with Crippen molar-refractivity contribution in [1.29, 1.82) is 5.26 Å². The molecule has 2 fully saturated rings. The molecule has 1 saturated heterocycles. The van der Waals surface area contributed by atoms with Gasteiger partial charge < -0.3 is 16.2 Å². The Balaban J connectivity index is 1.27. The van der Waals surface area contributed by atoms with E-state index in [4.69, 9.17) is 5.73 Å². The molecule has 0 spiro atoms. The topological polar surface area (TPSA) is 119 Å². The molecule has 1 amide bonds. The summed E-state index contributed by atoms with van der Waals surface area (Å²) in [5.41, 5.74) is 9.36. The average molecular weight is 511 g/mol. The Kier molecular flexibility index (Phi) is 7.87. The van der Waals surface area contributed by atoms with E-state index in [2.05, 4.69) is 26.2 Å². The zero-order valence-corrected chi connectivity index (χ0v) is 21.6. The van der Waals surface area contributed by atoms with Crippen molar-refractivity contribution in [3.8, 4) is 34.2 Å². The maximum Gasteiger partial charge on any atom is 0.238 e. The lowest BCUT2D eigenvalue weighted by molar-refractivity contribution is -0.117. The third kappa shape index (κ3) is 5.80. The zero-order chi connectivity index (χ0) is 26.5. The lowest BCUT2D eigenvalue weighted by Crippen LogP contribution is -2.52. The number of pyridine rings is 1. The number of nitrogens with two attached hydrogens (primary N) is 1. The number of para-hydroxylation sites is 1. The molecule has 0 atom stereocenters. The number of hydrogen-bond donors (Lipinski definition) is 3. The molecule has 1 saturated carbocycles. The molecule has 1 aliphatic carbocycles. The van der Waals surface area contributed by atoms with Gasteiger partial charge in [-0.1, -0.05) is 43.5 Å². The molecule has 0 unspecified atom stereocenters. The molecule has 0 radical (unpaired) electrons. The Morgan fingerprint density at radius 1 is 1.03 bits per heavy atom. The number of carbonyl (C=O) groups is 1. The second-order valence-corrected chi connectivity index (χ2v) is 10.2. The molecule has 38 heavy (non-hydrogen) atoms. The second-order valence-electron chi connectivity index (χ2n) is 10.2. The van der Waals surface area contributed by atoms with Gasteiger partial charge in [0.25, 0.3) is 0 Å². The number of nitrogens with zero attached hydrogens (tertiary/aromatic N) is 4. The number of amides is 1. The predicted molar refractivity (Wildman–Crippen MR) is 149 cm³/mol. The van der Waals surface area contributed by atoms with Crippen LogP contribution < -0.4 is 11.1 Å². The van der Waals surface area contributed by atoms with Gasteiger partial charge >= 0.3 is 0 Å². The van der Waals surface area contributed by atoms with Crippen molar-refractivity contribution in [1.82, 2.24) is 14.8 Å². The maximum absolute atomic E-state index is 12.9. The largest absolute Gasteiger partial charge is 0.507 e. The summed E-state index contributed by atoms with van der Waals surface area (Å²) in [6.45, 7) is 4.20. The van der Waals surface area contributed by atoms with Crippen molar-refractivity contribution >= 4 is 17.4 Å². The molecular formula is C30H34N6O2. The maximum atomic E-state index is 12.9. The van der Waals surface area contributed by atoms with Crippen LogP contribution in [-0.4, -0.2) is 64.6 Å². The van der Waals surface area contributed by atoms with Crippen molar-refractivity contribution in [2.45, 2.75) is 38.1 Å². The van der Waals surface area contributed by atoms with E-state index in [0.29, 0.717) is 29.1 Å². The van der Waals surface area contributed by atoms with Crippen LogP contribution in [0, 0.1) is 11.3 Å². The van der Waals surface area contributed by atoms with E-state index in [1.54, 1.807) is 30.3 Å². The Hall–Kier alpha value is -3.93. The summed E-state index contributed by atoms with van der Waals surface area (Å²) in [4.78, 5) is 22.1. The first-order valence-electron chi connectivity index (χ1n) is 13.4. The van der Waals surface area contributed by atoms with Crippen molar-refractivity contribution in [3.05, 3.63) is 60.2 Å². The Morgan fingerprint density at radius 2 is 1.79 bits per heavy atom. The number of phenolic OH excluding ortho intramolecular Hbond substituents is 1. The lowest BCUT2D eigenvalue weighted by Gasteiger charge is -2.40. The molecule has 2 heterocycles. The van der Waals surface area contributed by atoms with Crippen LogP contribution in [0.4, 0.5) is 11.5 Å². The van der Waals surface area contributed by atoms with E-state index in [1.807, 2.05) is 24.3 Å². The molecular weight excluding hydrogens is 476 g/mol. The summed E-state index contributed by atoms with van der Waals surface area (Å²) in [5.74, 6) is 0.110. The average Bonchev–Trinajstić information content (AvgIpc) is 2.94. The highest BCUT2D eigenvalue weighted by atomic mass is 16.3. The normalized spacial score (nSPS) is 17.1. The standard InChI is InChI=1S/C30H34N6O2/c31-19-26-25(18-27(34-30(26)32)24-11-4-5-12-28(24)37)21-7-6-8-22(17-21)33-29(38)20-35-13-15-36(16-14-35)23-9-2-1-3-10-23/h4-8,11-12,17-18,23,37H,1-3,9-10,13-16,20H2,(H2,32,34)(H,33,38). The van der Waals surface area contributed by atoms with Gasteiger partial charge in [-0.2, -0.15) is 5.26 Å². The van der Waals surface area contributed by atoms with E-state index in [0.717, 1.165) is 37.8 Å². The third-order valence-corrected chi connectivity index (χ3v) is 7.66. The molecule has 3 aromatic rings. The Labute approximate surface area is 223 Å². The first-order chi connectivity index (χ1) is 18.5. The Bertz CT molecular complexity index is 1340. The van der Waals surface area contributed by atoms with Gasteiger partial charge in [0.15, 0.2) is 0 Å². The number of piperazine rings is 1. The van der Waals surface area contributed by atoms with Crippen molar-refractivity contribution < 1.29 is 9.90 Å². The number of nitrogen functional groups attached to an aromatic ring is 1. The number of carbonyl (C=O) groups excluding carboxylic acids is 1. The van der Waals surface area contributed by atoms with Crippen LogP contribution >= 0.6 is 0 Å². The van der Waals surface area contributed by atoms with E-state index < -0.39 is 0 Å². The zero-order valence-electron chi connectivity index (χ0n) is 21.6. The van der Waals surface area contributed by atoms with Gasteiger partial charge in [0.05, 0.1) is 12.2 Å². The first kappa shape index (κ1) is 25.7. The molecule has 5 rings (SSSR count). The van der Waals surface area contributed by atoms with Crippen molar-refractivity contribution in [2.75, 3.05) is 43.8 Å². The SMILES string of the molecule is N#Cc1c(-c2cccc(NC(=O)CN3CCN(C4CCCCC4)CC3)c2)cc(-c2ccccc2O)nc1N. The van der Waals surface area contributed by atoms with Gasteiger partial charge in [-0.3, -0.25) is 14.6 Å². The molecule has 0 bridgehead atoms. The molecule has 2 aliphatic rings. The molecule has 8 heteroatoms. The van der Waals surface area contributed by atoms with E-state index >= 15 is 0 Å². The number of anilines is 2. The minimum Gasteiger partial charge on any atom is -0.507 e. The molecule has 8 nitrogen and oxygen atoms in total. The number of rotatable bonds is 6. The fraction of sp³-hybridized carbons (Fsp3) is 0.367. The quantitative estimate of drug-likeness (QED) is 0.448. The minimum absolute atomic E-state index is 0.0575. The number of nitrogens with one attached hydrogen (secondary N) is 1. The minimum atomic E-state index is -0.0575. The number of phenols is 1. The number of aromatic nitrogens is 1. The van der Waals surface area contributed by atoms with Gasteiger partial charge in [-0.15, -0.1) is 0 Å². The highest BCUT2D eigenvalue weighted by Crippen LogP contribution is 2.35. The van der Waals surface area contributed by atoms with Crippen molar-refractivity contribution in [3.63, 3.8) is 0 Å². The van der Waals surface area contributed by atoms with Gasteiger partial charge in [0.2, 0.25) is 5.91 Å². The molecule has 1 aliphatic heterocycles.